The molecule has 0 spiro atoms. The van der Waals surface area contributed by atoms with Crippen LogP contribution in [0.4, 0.5) is 0 Å². The van der Waals surface area contributed by atoms with E-state index in [0.717, 1.165) is 13.1 Å². The van der Waals surface area contributed by atoms with E-state index in [1.165, 1.54) is 27.4 Å². The smallest absolute Gasteiger partial charge is 0.342 e. The number of morpholine rings is 1. The molecule has 3 N–H and O–H groups in total. The van der Waals surface area contributed by atoms with E-state index in [-0.39, 0.29) is 46.1 Å². The third kappa shape index (κ3) is 9.48. The van der Waals surface area contributed by atoms with Gasteiger partial charge in [0.05, 0.1) is 40.6 Å². The van der Waals surface area contributed by atoms with Crippen LogP contribution in [0, 0.1) is 0 Å². The molecule has 274 valence electrons. The third-order valence-electron chi connectivity index (χ3n) is 9.46. The minimum Gasteiger partial charge on any atom is -0.507 e. The zero-order chi connectivity index (χ0) is 36.4. The first kappa shape index (κ1) is 38.5. The molecule has 2 unspecified atom stereocenters. The van der Waals surface area contributed by atoms with Crippen molar-refractivity contribution in [3.8, 4) is 28.7 Å². The Hall–Kier alpha value is -4.29. The normalized spacial score (nSPS) is 18.7. The quantitative estimate of drug-likeness (QED) is 0.276. The second kappa shape index (κ2) is 17.6. The number of amides is 1. The largest absolute Gasteiger partial charge is 0.507 e. The minimum atomic E-state index is -0.964. The molecule has 12 heteroatoms. The fourth-order valence-electron chi connectivity index (χ4n) is 6.56. The maximum atomic E-state index is 13.8. The number of ketones is 1. The third-order valence-corrected chi connectivity index (χ3v) is 9.46. The van der Waals surface area contributed by atoms with Gasteiger partial charge in [-0.25, -0.2) is 4.79 Å². The van der Waals surface area contributed by atoms with Crippen molar-refractivity contribution >= 4 is 23.7 Å². The van der Waals surface area contributed by atoms with E-state index >= 15 is 0 Å². The summed E-state index contributed by atoms with van der Waals surface area (Å²) in [7, 11) is 4.41. The van der Waals surface area contributed by atoms with E-state index in [9.17, 15) is 24.6 Å². The van der Waals surface area contributed by atoms with Crippen LogP contribution in [-0.4, -0.2) is 98.6 Å². The zero-order valence-electron chi connectivity index (χ0n) is 30.1. The first-order valence-electron chi connectivity index (χ1n) is 17.3. The van der Waals surface area contributed by atoms with E-state index in [4.69, 9.17) is 23.7 Å². The van der Waals surface area contributed by atoms with Gasteiger partial charge >= 0.3 is 5.97 Å². The van der Waals surface area contributed by atoms with Crippen molar-refractivity contribution in [1.82, 2.24) is 10.2 Å². The molecule has 0 radical (unpaired) electrons. The molecule has 2 aromatic rings. The first-order chi connectivity index (χ1) is 23.9. The van der Waals surface area contributed by atoms with Crippen LogP contribution in [0.15, 0.2) is 24.3 Å². The average Bonchev–Trinajstić information content (AvgIpc) is 3.09. The number of allylic oxidation sites excluding steroid dienone is 1. The number of ether oxygens (including phenoxy) is 5. The lowest BCUT2D eigenvalue weighted by Gasteiger charge is -2.41. The molecule has 2 aliphatic rings. The van der Waals surface area contributed by atoms with E-state index in [2.05, 4.69) is 24.1 Å². The van der Waals surface area contributed by atoms with Crippen molar-refractivity contribution < 1.29 is 48.3 Å². The summed E-state index contributed by atoms with van der Waals surface area (Å²) in [5, 5.41) is 26.6. The summed E-state index contributed by atoms with van der Waals surface area (Å²) in [6.07, 6.45) is 5.81. The monoisotopic (exact) mass is 696 g/mol. The summed E-state index contributed by atoms with van der Waals surface area (Å²) in [6.45, 7) is 8.92. The maximum absolute atomic E-state index is 13.8. The van der Waals surface area contributed by atoms with Gasteiger partial charge in [-0.2, -0.15) is 0 Å². The number of esters is 1. The molecule has 2 aliphatic heterocycles. The van der Waals surface area contributed by atoms with Gasteiger partial charge in [-0.1, -0.05) is 12.2 Å². The molecular formula is C38H52N2O10. The molecule has 2 heterocycles. The molecule has 0 bridgehead atoms. The van der Waals surface area contributed by atoms with Crippen LogP contribution in [-0.2, 0) is 19.1 Å². The summed E-state index contributed by atoms with van der Waals surface area (Å²) < 4.78 is 28.0. The number of hydrogen-bond acceptors (Lipinski definition) is 11. The summed E-state index contributed by atoms with van der Waals surface area (Å²) in [5.74, 6) is -1.77. The number of nitrogens with zero attached hydrogens (tertiary/aromatic N) is 1. The van der Waals surface area contributed by atoms with E-state index < -0.39 is 23.7 Å². The Bertz CT molecular complexity index is 1520. The van der Waals surface area contributed by atoms with E-state index in [0.29, 0.717) is 81.1 Å². The number of nitrogens with one attached hydrogen (secondary N) is 1. The Morgan fingerprint density at radius 1 is 1.02 bits per heavy atom. The number of phenolic OH excluding ortho intramolecular Hbond substituents is 2. The lowest BCUT2D eigenvalue weighted by molar-refractivity contribution is -0.122. The van der Waals surface area contributed by atoms with Gasteiger partial charge < -0.3 is 39.2 Å². The lowest BCUT2D eigenvalue weighted by atomic mass is 9.84. The highest BCUT2D eigenvalue weighted by Gasteiger charge is 2.33. The van der Waals surface area contributed by atoms with Crippen LogP contribution in [0.1, 0.15) is 98.7 Å². The Balaban J connectivity index is 1.80. The number of phenols is 2. The average molecular weight is 697 g/mol. The summed E-state index contributed by atoms with van der Waals surface area (Å²) in [4.78, 5) is 42.0. The number of carbonyl (C=O) groups is 3. The predicted octanol–water partition coefficient (Wildman–Crippen LogP) is 5.35. The van der Waals surface area contributed by atoms with Crippen molar-refractivity contribution in [3.63, 3.8) is 0 Å². The minimum absolute atomic E-state index is 0.0228. The maximum Gasteiger partial charge on any atom is 0.342 e. The Kier molecular flexibility index (Phi) is 13.5. The predicted molar refractivity (Wildman–Crippen MR) is 188 cm³/mol. The number of cyclic esters (lactones) is 1. The van der Waals surface area contributed by atoms with E-state index in [1.54, 1.807) is 31.2 Å². The Morgan fingerprint density at radius 2 is 1.68 bits per heavy atom. The van der Waals surface area contributed by atoms with Crippen molar-refractivity contribution in [2.24, 2.45) is 0 Å². The molecule has 2 atom stereocenters. The molecule has 4 rings (SSSR count). The van der Waals surface area contributed by atoms with Crippen LogP contribution in [0.5, 0.6) is 28.7 Å². The van der Waals surface area contributed by atoms with Gasteiger partial charge in [0.15, 0.2) is 11.5 Å². The fourth-order valence-corrected chi connectivity index (χ4v) is 6.56. The van der Waals surface area contributed by atoms with Gasteiger partial charge in [0.25, 0.3) is 0 Å². The van der Waals surface area contributed by atoms with Gasteiger partial charge in [0, 0.05) is 55.9 Å². The van der Waals surface area contributed by atoms with Gasteiger partial charge in [-0.3, -0.25) is 14.5 Å². The molecule has 2 aromatic carbocycles. The van der Waals surface area contributed by atoms with Gasteiger partial charge in [-0.05, 0) is 75.8 Å². The number of benzene rings is 2. The van der Waals surface area contributed by atoms with Gasteiger partial charge in [0.1, 0.15) is 22.8 Å². The lowest BCUT2D eigenvalue weighted by Crippen LogP contribution is -2.55. The first-order valence-corrected chi connectivity index (χ1v) is 17.3. The van der Waals surface area contributed by atoms with Gasteiger partial charge in [-0.15, -0.1) is 0 Å². The van der Waals surface area contributed by atoms with Crippen molar-refractivity contribution in [2.45, 2.75) is 83.3 Å². The van der Waals surface area contributed by atoms with Crippen LogP contribution in [0.2, 0.25) is 0 Å². The van der Waals surface area contributed by atoms with E-state index in [1.807, 2.05) is 0 Å². The number of fused-ring (bicyclic) bond motifs is 1. The Morgan fingerprint density at radius 3 is 2.32 bits per heavy atom. The topological polar surface area (TPSA) is 153 Å². The number of hydrogen-bond donors (Lipinski definition) is 3. The van der Waals surface area contributed by atoms with Crippen molar-refractivity contribution in [3.05, 3.63) is 46.5 Å². The van der Waals surface area contributed by atoms with Crippen LogP contribution >= 0.6 is 0 Å². The number of rotatable bonds is 10. The standard InChI is InChI=1S/C38H52N2O10/c1-24-11-10-14-27(41)13-9-7-8-12-25-19-29(42)34(35(44)33(25)37(45)50-24)28(26-20-30(46-4)36(48-6)31(21-26)47-5)22-32(43)39-23-38(2,3)40-15-17-49-18-16-40/h8,12,19-21,24,28,42,44H,7,9-11,13-18,22-23H2,1-6H3,(H,39,43). The summed E-state index contributed by atoms with van der Waals surface area (Å²) >= 11 is 0. The Labute approximate surface area is 294 Å². The highest BCUT2D eigenvalue weighted by Crippen LogP contribution is 2.47. The summed E-state index contributed by atoms with van der Waals surface area (Å²) in [5.41, 5.74) is 0.215. The molecule has 1 amide bonds. The zero-order valence-corrected chi connectivity index (χ0v) is 30.1. The van der Waals surface area contributed by atoms with Gasteiger partial charge in [0.2, 0.25) is 11.7 Å². The molecule has 1 saturated heterocycles. The second-order valence-electron chi connectivity index (χ2n) is 13.5. The van der Waals surface area contributed by atoms with Crippen molar-refractivity contribution in [1.29, 1.82) is 0 Å². The number of carbonyl (C=O) groups excluding carboxylic acids is 3. The SMILES string of the molecule is COc1cc(C(CC(=O)NCC(C)(C)N2CCOCC2)c2c(O)cc3c(c2O)C(=O)OC(C)CCCC(=O)CCCC=C3)cc(OC)c1OC. The van der Waals surface area contributed by atoms with Crippen molar-refractivity contribution in [2.75, 3.05) is 54.2 Å². The van der Waals surface area contributed by atoms with Crippen LogP contribution in [0.3, 0.4) is 0 Å². The number of Topliss-reactive ketones (excluding diaryl/α,β-unsaturated/α-hetero) is 1. The second-order valence-corrected chi connectivity index (χ2v) is 13.5. The molecule has 1 fully saturated rings. The van der Waals surface area contributed by atoms with Crippen LogP contribution in [0.25, 0.3) is 6.08 Å². The molecule has 50 heavy (non-hydrogen) atoms. The molecule has 0 aromatic heterocycles. The molecule has 12 nitrogen and oxygen atoms in total. The molecule has 0 aliphatic carbocycles. The summed E-state index contributed by atoms with van der Waals surface area (Å²) in [6, 6.07) is 4.71. The fraction of sp³-hybridized carbons (Fsp3) is 0.553. The highest BCUT2D eigenvalue weighted by atomic mass is 16.5. The number of methoxy groups -OCH3 is 3. The highest BCUT2D eigenvalue weighted by molar-refractivity contribution is 5.98. The molecule has 0 saturated carbocycles. The number of aromatic hydroxyl groups is 2. The molecular weight excluding hydrogens is 644 g/mol. The van der Waals surface area contributed by atoms with Crippen LogP contribution < -0.4 is 19.5 Å².